The van der Waals surface area contributed by atoms with Crippen molar-refractivity contribution in [3.63, 3.8) is 0 Å². The van der Waals surface area contributed by atoms with E-state index in [0.29, 0.717) is 42.1 Å². The van der Waals surface area contributed by atoms with E-state index in [1.165, 1.54) is 448 Å². The molecule has 0 unspecified atom stereocenters. The first kappa shape index (κ1) is 65.7. The Morgan fingerprint density at radius 2 is 1.00 bits per heavy atom. The van der Waals surface area contributed by atoms with Crippen LogP contribution >= 0.6 is 31.9 Å². The van der Waals surface area contributed by atoms with Crippen LogP contribution < -0.4 is 51.4 Å². The van der Waals surface area contributed by atoms with Gasteiger partial charge in [0.25, 0.3) is 0 Å². The van der Waals surface area contributed by atoms with Gasteiger partial charge in [0.15, 0.2) is 0 Å². The number of nitrogens with zero attached hydrogens (tertiary/aromatic N) is 6. The number of benzene rings is 2. The maximum atomic E-state index is 8.85. The molecule has 0 spiro atoms. The van der Waals surface area contributed by atoms with Crippen LogP contribution in [0.1, 0.15) is 18.0 Å². The Bertz CT molecular complexity index is 1440. The first-order valence-corrected chi connectivity index (χ1v) is 128. The van der Waals surface area contributed by atoms with E-state index in [4.69, 9.17) is 16.0 Å². The Morgan fingerprint density at radius 3 is 1.38 bits per heavy atom. The van der Waals surface area contributed by atoms with Gasteiger partial charge in [-0.15, -0.1) is 0 Å². The Morgan fingerprint density at radius 1 is 0.667 bits per heavy atom. The number of halogens is 2. The predicted octanol–water partition coefficient (Wildman–Crippen LogP) is -3.75. The molecule has 148 valence electrons. The monoisotopic (exact) mass is 1070 g/mol. The second-order valence-electron chi connectivity index (χ2n) is 4.88. The summed E-state index contributed by atoms with van der Waals surface area (Å²) in [6.07, 6.45) is 0.395. The van der Waals surface area contributed by atoms with Gasteiger partial charge in [0, 0.05) is 39.2 Å². The zero-order valence-electron chi connectivity index (χ0n) is 33.3. The van der Waals surface area contributed by atoms with Crippen molar-refractivity contribution in [1.82, 2.24) is 19.9 Å². The second kappa shape index (κ2) is 64.7. The van der Waals surface area contributed by atoms with E-state index >= 15 is 0 Å². The molecule has 2 heterocycles. The molecule has 0 amide bonds. The van der Waals surface area contributed by atoms with Gasteiger partial charge in [-0.2, -0.15) is 5.26 Å². The van der Waals surface area contributed by atoms with Gasteiger partial charge in [0.1, 0.15) is 22.6 Å². The first-order chi connectivity index (χ1) is 21.8. The van der Waals surface area contributed by atoms with Crippen molar-refractivity contribution in [2.45, 2.75) is 0 Å². The molecule has 0 aliphatic carbocycles. The van der Waals surface area contributed by atoms with Gasteiger partial charge in [0.2, 0.25) is 0 Å². The summed E-state index contributed by atoms with van der Waals surface area (Å²) in [5, 5.41) is 20.3. The van der Waals surface area contributed by atoms with Gasteiger partial charge in [0.05, 0.1) is 22.8 Å². The molecule has 24 heteroatoms. The number of aromatic nitrogens is 4. The third-order valence-electron chi connectivity index (χ3n) is 3.32. The summed E-state index contributed by atoms with van der Waals surface area (Å²) in [6, 6.07) is 8.66. The van der Waals surface area contributed by atoms with E-state index in [2.05, 4.69) is 57.0 Å². The Labute approximate surface area is 634 Å². The van der Waals surface area contributed by atoms with Crippen LogP contribution in [0, 0.1) is 11.3 Å². The van der Waals surface area contributed by atoms with E-state index in [-0.39, 0.29) is 77.5 Å². The number of fused-ring (bicyclic) bond motifs is 2. The minimum atomic E-state index is -0.225. The molecular formula is C18H11Br2K15N6O. The van der Waals surface area contributed by atoms with Crippen LogP contribution in [0.3, 0.4) is 0 Å². The Balaban J connectivity index is -0.0000000963. The zero-order valence-corrected chi connectivity index (χ0v) is 78.3. The first-order valence-electron chi connectivity index (χ1n) is 16.2. The van der Waals surface area contributed by atoms with Crippen LogP contribution in [0.2, 0.25) is 0 Å². The molecule has 0 saturated carbocycles. The molecule has 0 fully saturated rings. The molecule has 2 aromatic carbocycles. The van der Waals surface area contributed by atoms with Crippen molar-refractivity contribution in [3.8, 4) is 6.07 Å². The molecule has 42 heavy (non-hydrogen) atoms. The van der Waals surface area contributed by atoms with Crippen molar-refractivity contribution in [2.75, 3.05) is 0 Å². The standard InChI is InChI=1S/C9H6BrN3O.C9H4BrN3.15K.H/c10-7-2-1-6(5-13-14)8-9(7)12-4-3-11-8;10-7-2-1-6(5-11)8-9(7)13-4-3-12-8;;;;;;;;;;;;;;;;/h1-5,14H;1-4H;;;;;;;;;;;;;;;;/q;;;;;;;;;;;;;;;;+1;-1/b13-5+;;;;;;;;;;;;;;;;;/i2*3D,4D;;;;;;;;;;;;;;;;. The summed E-state index contributed by atoms with van der Waals surface area (Å²) in [7, 11) is 0. The fourth-order valence-electron chi connectivity index (χ4n) is 2.15. The number of hydrogen-bond acceptors (Lipinski definition) is 7. The summed E-state index contributed by atoms with van der Waals surface area (Å²) in [6.45, 7) is 0. The van der Waals surface area contributed by atoms with Crippen LogP contribution in [-0.2, 0) is 0 Å². The van der Waals surface area contributed by atoms with Crippen LogP contribution in [0.15, 0.2) is 63.1 Å². The van der Waals surface area contributed by atoms with Gasteiger partial charge in [-0.1, -0.05) is 5.16 Å². The number of hydrogen-bond donors (Lipinski definition) is 1. The van der Waals surface area contributed by atoms with Crippen LogP contribution in [0.4, 0.5) is 0 Å². The predicted molar refractivity (Wildman–Crippen MR) is 190 cm³/mol. The SMILES string of the molecule is [2H]c1nc2c(Br)ccc(/C=N/O)c2nc1[2H].[2H]c1nc2c(Br)ccc(C#N)c2nc1[2H].[H-].[K+].[K][K].[K][K].[K][K].[K][K].[K][K].[K][K].[K][K]. The molecule has 2 aromatic heterocycles. The third-order valence-corrected chi connectivity index (χ3v) is 4.60. The maximum absolute atomic E-state index is 8.85. The van der Waals surface area contributed by atoms with Crippen molar-refractivity contribution >= 4 is 502 Å². The summed E-state index contributed by atoms with van der Waals surface area (Å²) in [5.41, 5.74) is 2.59. The quantitative estimate of drug-likeness (QED) is 0.0911. The summed E-state index contributed by atoms with van der Waals surface area (Å²) in [5.74, 6) is 0. The van der Waals surface area contributed by atoms with Crippen LogP contribution in [0.5, 0.6) is 0 Å². The van der Waals surface area contributed by atoms with Crippen LogP contribution in [-0.4, -0.2) is 473 Å². The molecule has 0 bridgehead atoms. The second-order valence-corrected chi connectivity index (χ2v) is 6.59. The van der Waals surface area contributed by atoms with Crippen molar-refractivity contribution in [2.24, 2.45) is 5.16 Å². The minimum absolute atomic E-state index is 0. The average molecular weight is 1080 g/mol. The molecule has 4 rings (SSSR count). The molecule has 0 aliphatic rings. The topological polar surface area (TPSA) is 108 Å². The Hall–Kier alpha value is 21.6. The van der Waals surface area contributed by atoms with E-state index < -0.39 is 0 Å². The molecule has 0 atom stereocenters. The summed E-state index contributed by atoms with van der Waals surface area (Å²) in [4.78, 5) is 15.7. The van der Waals surface area contributed by atoms with E-state index in [1.54, 1.807) is 24.3 Å². The van der Waals surface area contributed by atoms with Crippen LogP contribution in [0.25, 0.3) is 22.1 Å². The van der Waals surface area contributed by atoms with Gasteiger partial charge >= 0.3 is 493 Å². The Kier molecular flexibility index (Phi) is 101. The molecule has 1 N–H and O–H groups in total. The van der Waals surface area contributed by atoms with Crippen molar-refractivity contribution in [3.05, 3.63) is 69.0 Å². The van der Waals surface area contributed by atoms with Gasteiger partial charge in [-0.05, 0) is 56.1 Å². The van der Waals surface area contributed by atoms with E-state index in [9.17, 15) is 0 Å². The number of oxime groups is 1. The third kappa shape index (κ3) is 40.6. The van der Waals surface area contributed by atoms with Gasteiger partial charge in [-0.25, -0.2) is 0 Å². The summed E-state index contributed by atoms with van der Waals surface area (Å²) < 4.78 is 30.9. The van der Waals surface area contributed by atoms with E-state index in [1.807, 2.05) is 6.07 Å². The van der Waals surface area contributed by atoms with Gasteiger partial charge < -0.3 is 6.63 Å². The van der Waals surface area contributed by atoms with Crippen molar-refractivity contribution in [1.29, 1.82) is 5.26 Å². The molecule has 0 aliphatic heterocycles. The molecular weight excluding hydrogens is 1060 g/mol. The number of rotatable bonds is 1. The fraction of sp³-hybridized carbons (Fsp3) is 0. The fourth-order valence-corrected chi connectivity index (χ4v) is 2.97. The molecule has 0 radical (unpaired) electrons. The molecule has 4 aromatic rings. The molecule has 0 saturated heterocycles. The van der Waals surface area contributed by atoms with E-state index in [0.717, 1.165) is 0 Å². The summed E-state index contributed by atoms with van der Waals surface area (Å²) >= 11 is 24.0. The normalized spacial score (nSPS) is 9.45. The zero-order chi connectivity index (χ0) is 36.7. The number of nitriles is 1. The van der Waals surface area contributed by atoms with Gasteiger partial charge in [-0.3, -0.25) is 19.9 Å². The molecule has 7 nitrogen and oxygen atoms in total. The average Bonchev–Trinajstić information content (AvgIpc) is 3.11. The van der Waals surface area contributed by atoms with Crippen molar-refractivity contribution < 1.29 is 63.5 Å².